The number of nitrogens with one attached hydrogen (secondary N) is 1. The van der Waals surface area contributed by atoms with Gasteiger partial charge in [0.05, 0.1) is 24.6 Å². The molecule has 0 saturated carbocycles. The number of rotatable bonds is 12. The van der Waals surface area contributed by atoms with Crippen LogP contribution in [0.2, 0.25) is 0 Å². The van der Waals surface area contributed by atoms with E-state index < -0.39 is 0 Å². The molecule has 1 N–H and O–H groups in total. The molecule has 6 nitrogen and oxygen atoms in total. The number of ether oxygens (including phenoxy) is 2. The van der Waals surface area contributed by atoms with E-state index in [1.165, 1.54) is 0 Å². The molecule has 4 rings (SSSR count). The highest BCUT2D eigenvalue weighted by molar-refractivity contribution is 5.78. The maximum absolute atomic E-state index is 13.0. The number of aryl methyl sites for hydroxylation is 1. The summed E-state index contributed by atoms with van der Waals surface area (Å²) in [6, 6.07) is 28.0. The van der Waals surface area contributed by atoms with Crippen LogP contribution in [0.5, 0.6) is 5.75 Å². The first kappa shape index (κ1) is 25.0. The topological polar surface area (TPSA) is 73.3 Å². The molecule has 0 aliphatic heterocycles. The van der Waals surface area contributed by atoms with E-state index >= 15 is 0 Å². The fraction of sp³-hybridized carbons (Fsp3) is 0.267. The minimum Gasteiger partial charge on any atom is -0.494 e. The summed E-state index contributed by atoms with van der Waals surface area (Å²) in [5.74, 6) is 0.589. The lowest BCUT2D eigenvalue weighted by Gasteiger charge is -2.11. The summed E-state index contributed by atoms with van der Waals surface area (Å²) in [5.41, 5.74) is 4.78. The van der Waals surface area contributed by atoms with E-state index in [0.717, 1.165) is 46.7 Å². The normalized spacial score (nSPS) is 10.8. The average molecular weight is 485 g/mol. The van der Waals surface area contributed by atoms with E-state index in [0.29, 0.717) is 32.6 Å². The van der Waals surface area contributed by atoms with Crippen molar-refractivity contribution in [3.63, 3.8) is 0 Å². The second-order valence-electron chi connectivity index (χ2n) is 8.55. The SMILES string of the molecule is CCOC(=O)CCCOc1cccc(CCCn2c(-c3ccccc3)c(-c3ccccc3)[nH]c2=O)c1. The molecular formula is C30H32N2O4. The first-order chi connectivity index (χ1) is 17.7. The van der Waals surface area contributed by atoms with Crippen molar-refractivity contribution in [3.8, 4) is 28.3 Å². The highest BCUT2D eigenvalue weighted by atomic mass is 16.5. The predicted molar refractivity (Wildman–Crippen MR) is 142 cm³/mol. The molecule has 1 heterocycles. The number of carbonyl (C=O) groups is 1. The number of hydrogen-bond donors (Lipinski definition) is 1. The first-order valence-corrected chi connectivity index (χ1v) is 12.5. The molecule has 0 saturated heterocycles. The molecule has 0 aliphatic rings. The molecule has 0 atom stereocenters. The molecule has 0 aliphatic carbocycles. The molecule has 0 unspecified atom stereocenters. The van der Waals surface area contributed by atoms with Gasteiger partial charge in [-0.05, 0) is 43.9 Å². The van der Waals surface area contributed by atoms with Crippen molar-refractivity contribution in [2.45, 2.75) is 39.2 Å². The lowest BCUT2D eigenvalue weighted by molar-refractivity contribution is -0.143. The highest BCUT2D eigenvalue weighted by Gasteiger charge is 2.17. The Labute approximate surface area is 211 Å². The van der Waals surface area contributed by atoms with Crippen LogP contribution in [0.1, 0.15) is 31.7 Å². The highest BCUT2D eigenvalue weighted by Crippen LogP contribution is 2.30. The molecule has 0 fully saturated rings. The molecule has 3 aromatic carbocycles. The van der Waals surface area contributed by atoms with Crippen LogP contribution in [0.25, 0.3) is 22.5 Å². The van der Waals surface area contributed by atoms with E-state index in [-0.39, 0.29) is 11.7 Å². The first-order valence-electron chi connectivity index (χ1n) is 12.5. The van der Waals surface area contributed by atoms with Gasteiger partial charge in [-0.15, -0.1) is 0 Å². The molecule has 186 valence electrons. The van der Waals surface area contributed by atoms with Crippen LogP contribution in [-0.2, 0) is 22.5 Å². The summed E-state index contributed by atoms with van der Waals surface area (Å²) < 4.78 is 12.6. The number of imidazole rings is 1. The van der Waals surface area contributed by atoms with Gasteiger partial charge >= 0.3 is 11.7 Å². The molecule has 0 radical (unpaired) electrons. The van der Waals surface area contributed by atoms with Gasteiger partial charge in [0.1, 0.15) is 5.75 Å². The molecule has 4 aromatic rings. The summed E-state index contributed by atoms with van der Waals surface area (Å²) >= 11 is 0. The standard InChI is InChI=1S/C30H32N2O4/c1-2-35-27(33)19-11-21-36-26-18-9-12-23(22-26)13-10-20-32-29(25-16-7-4-8-17-25)28(31-30(32)34)24-14-5-3-6-15-24/h3-9,12,14-18,22H,2,10-11,13,19-21H2,1H3,(H,31,34). The van der Waals surface area contributed by atoms with Gasteiger partial charge in [-0.1, -0.05) is 72.8 Å². The van der Waals surface area contributed by atoms with E-state index in [9.17, 15) is 9.59 Å². The predicted octanol–water partition coefficient (Wildman–Crippen LogP) is 5.87. The Bertz CT molecular complexity index is 1310. The van der Waals surface area contributed by atoms with Crippen molar-refractivity contribution in [1.82, 2.24) is 9.55 Å². The monoisotopic (exact) mass is 484 g/mol. The average Bonchev–Trinajstić information content (AvgIpc) is 3.24. The molecule has 1 aromatic heterocycles. The van der Waals surface area contributed by atoms with Crippen molar-refractivity contribution in [2.24, 2.45) is 0 Å². The Balaban J connectivity index is 1.43. The Morgan fingerprint density at radius 1 is 0.889 bits per heavy atom. The van der Waals surface area contributed by atoms with Crippen molar-refractivity contribution >= 4 is 5.97 Å². The summed E-state index contributed by atoms with van der Waals surface area (Å²) in [6.07, 6.45) is 2.59. The Hall–Kier alpha value is -4.06. The van der Waals surface area contributed by atoms with Crippen LogP contribution in [-0.4, -0.2) is 28.7 Å². The van der Waals surface area contributed by atoms with Crippen molar-refractivity contribution in [2.75, 3.05) is 13.2 Å². The number of aromatic amines is 1. The van der Waals surface area contributed by atoms with Gasteiger partial charge in [-0.25, -0.2) is 4.79 Å². The van der Waals surface area contributed by atoms with Crippen LogP contribution in [0.3, 0.4) is 0 Å². The fourth-order valence-corrected chi connectivity index (χ4v) is 4.27. The van der Waals surface area contributed by atoms with Crippen LogP contribution >= 0.6 is 0 Å². The third-order valence-corrected chi connectivity index (χ3v) is 5.94. The van der Waals surface area contributed by atoms with Gasteiger partial charge in [0.15, 0.2) is 0 Å². The lowest BCUT2D eigenvalue weighted by Crippen LogP contribution is -2.18. The zero-order valence-corrected chi connectivity index (χ0v) is 20.6. The molecule has 36 heavy (non-hydrogen) atoms. The Morgan fingerprint density at radius 2 is 1.61 bits per heavy atom. The Morgan fingerprint density at radius 3 is 2.33 bits per heavy atom. The van der Waals surface area contributed by atoms with Crippen LogP contribution in [0.15, 0.2) is 89.7 Å². The quantitative estimate of drug-likeness (QED) is 0.202. The number of H-pyrrole nitrogens is 1. The molecule has 0 spiro atoms. The number of nitrogens with zero attached hydrogens (tertiary/aromatic N) is 1. The lowest BCUT2D eigenvalue weighted by atomic mass is 10.0. The Kier molecular flexibility index (Phi) is 8.76. The van der Waals surface area contributed by atoms with Gasteiger partial charge < -0.3 is 14.5 Å². The maximum atomic E-state index is 13.0. The smallest absolute Gasteiger partial charge is 0.326 e. The minimum absolute atomic E-state index is 0.105. The number of esters is 1. The van der Waals surface area contributed by atoms with Crippen LogP contribution in [0.4, 0.5) is 0 Å². The summed E-state index contributed by atoms with van der Waals surface area (Å²) in [4.78, 5) is 27.5. The van der Waals surface area contributed by atoms with E-state index in [4.69, 9.17) is 9.47 Å². The van der Waals surface area contributed by atoms with Gasteiger partial charge in [-0.3, -0.25) is 9.36 Å². The third kappa shape index (κ3) is 6.54. The van der Waals surface area contributed by atoms with Gasteiger partial charge in [0.2, 0.25) is 0 Å². The second-order valence-corrected chi connectivity index (χ2v) is 8.55. The maximum Gasteiger partial charge on any atom is 0.326 e. The third-order valence-electron chi connectivity index (χ3n) is 5.94. The van der Waals surface area contributed by atoms with Gasteiger partial charge in [0, 0.05) is 24.1 Å². The zero-order valence-electron chi connectivity index (χ0n) is 20.6. The summed E-state index contributed by atoms with van der Waals surface area (Å²) in [5, 5.41) is 0. The van der Waals surface area contributed by atoms with Gasteiger partial charge in [0.25, 0.3) is 0 Å². The van der Waals surface area contributed by atoms with Crippen LogP contribution < -0.4 is 10.4 Å². The minimum atomic E-state index is -0.194. The number of hydrogen-bond acceptors (Lipinski definition) is 4. The fourth-order valence-electron chi connectivity index (χ4n) is 4.27. The van der Waals surface area contributed by atoms with Crippen molar-refractivity contribution in [3.05, 3.63) is 101 Å². The largest absolute Gasteiger partial charge is 0.494 e. The zero-order chi connectivity index (χ0) is 25.2. The molecule has 6 heteroatoms. The van der Waals surface area contributed by atoms with Crippen molar-refractivity contribution in [1.29, 1.82) is 0 Å². The summed E-state index contributed by atoms with van der Waals surface area (Å²) in [6.45, 7) is 3.26. The van der Waals surface area contributed by atoms with E-state index in [1.54, 1.807) is 6.92 Å². The number of benzene rings is 3. The molecule has 0 amide bonds. The molecule has 0 bridgehead atoms. The van der Waals surface area contributed by atoms with E-state index in [2.05, 4.69) is 11.1 Å². The van der Waals surface area contributed by atoms with Gasteiger partial charge in [-0.2, -0.15) is 0 Å². The van der Waals surface area contributed by atoms with Crippen LogP contribution in [0, 0.1) is 0 Å². The van der Waals surface area contributed by atoms with E-state index in [1.807, 2.05) is 83.4 Å². The second kappa shape index (κ2) is 12.6. The number of carbonyl (C=O) groups excluding carboxylic acids is 1. The number of aromatic nitrogens is 2. The van der Waals surface area contributed by atoms with Crippen molar-refractivity contribution < 1.29 is 14.3 Å². The molecular weight excluding hydrogens is 452 g/mol. The summed E-state index contributed by atoms with van der Waals surface area (Å²) in [7, 11) is 0.